The topological polar surface area (TPSA) is 0 Å². The van der Waals surface area contributed by atoms with Crippen molar-refractivity contribution in [1.29, 1.82) is 0 Å². The molecule has 0 heteroatoms. The highest BCUT2D eigenvalue weighted by molar-refractivity contribution is 5.29. The third-order valence-corrected chi connectivity index (χ3v) is 4.24. The molecule has 0 saturated heterocycles. The van der Waals surface area contributed by atoms with E-state index >= 15 is 0 Å². The highest BCUT2D eigenvalue weighted by Gasteiger charge is 2.53. The molecule has 0 nitrogen and oxygen atoms in total. The van der Waals surface area contributed by atoms with E-state index in [1.54, 1.807) is 5.56 Å². The summed E-state index contributed by atoms with van der Waals surface area (Å²) < 4.78 is 0. The van der Waals surface area contributed by atoms with Crippen LogP contribution in [0.3, 0.4) is 0 Å². The number of rotatable bonds is 1. The molecule has 0 N–H and O–H groups in total. The number of benzene rings is 1. The monoisotopic (exact) mass is 186 g/mol. The highest BCUT2D eigenvalue weighted by atomic mass is 14.6. The van der Waals surface area contributed by atoms with Gasteiger partial charge in [0.05, 0.1) is 0 Å². The van der Waals surface area contributed by atoms with Gasteiger partial charge in [-0.25, -0.2) is 0 Å². The van der Waals surface area contributed by atoms with Crippen LogP contribution in [0, 0.1) is 5.41 Å². The molecular formula is C14H18. The van der Waals surface area contributed by atoms with Gasteiger partial charge in [-0.3, -0.25) is 0 Å². The van der Waals surface area contributed by atoms with Crippen molar-refractivity contribution in [3.8, 4) is 0 Å². The standard InChI is InChI=1S/C14H18/c1-3-7-12(8-4-1)13-11-14(13)9-5-2-6-10-14/h1,3-4,7-8,13H,2,5-6,9-11H2. The van der Waals surface area contributed by atoms with Crippen LogP contribution in [0.5, 0.6) is 0 Å². The van der Waals surface area contributed by atoms with Gasteiger partial charge in [-0.15, -0.1) is 0 Å². The molecule has 2 aliphatic rings. The van der Waals surface area contributed by atoms with Crippen LogP contribution in [-0.2, 0) is 0 Å². The summed E-state index contributed by atoms with van der Waals surface area (Å²) in [6.07, 6.45) is 8.88. The Balaban J connectivity index is 1.78. The van der Waals surface area contributed by atoms with Gasteiger partial charge in [-0.2, -0.15) is 0 Å². The van der Waals surface area contributed by atoms with Gasteiger partial charge >= 0.3 is 0 Å². The summed E-state index contributed by atoms with van der Waals surface area (Å²) in [5, 5.41) is 0. The van der Waals surface area contributed by atoms with E-state index < -0.39 is 0 Å². The normalized spacial score (nSPS) is 29.0. The maximum Gasteiger partial charge on any atom is -0.00996 e. The third-order valence-electron chi connectivity index (χ3n) is 4.24. The second kappa shape index (κ2) is 3.12. The summed E-state index contributed by atoms with van der Waals surface area (Å²) in [5.74, 6) is 0.906. The lowest BCUT2D eigenvalue weighted by Gasteiger charge is -2.22. The van der Waals surface area contributed by atoms with E-state index in [0.717, 1.165) is 11.3 Å². The first-order valence-corrected chi connectivity index (χ1v) is 5.96. The summed E-state index contributed by atoms with van der Waals surface area (Å²) in [5.41, 5.74) is 2.34. The van der Waals surface area contributed by atoms with Crippen molar-refractivity contribution >= 4 is 0 Å². The zero-order valence-corrected chi connectivity index (χ0v) is 8.71. The highest BCUT2D eigenvalue weighted by Crippen LogP contribution is 2.66. The van der Waals surface area contributed by atoms with Crippen molar-refractivity contribution in [3.05, 3.63) is 35.9 Å². The van der Waals surface area contributed by atoms with E-state index in [1.807, 2.05) is 0 Å². The molecule has 2 aliphatic carbocycles. The minimum absolute atomic E-state index is 0.750. The zero-order chi connectivity index (χ0) is 9.43. The maximum atomic E-state index is 2.31. The Morgan fingerprint density at radius 1 is 0.929 bits per heavy atom. The van der Waals surface area contributed by atoms with Crippen LogP contribution in [0.4, 0.5) is 0 Å². The summed E-state index contributed by atoms with van der Waals surface area (Å²) in [7, 11) is 0. The Morgan fingerprint density at radius 2 is 1.64 bits per heavy atom. The van der Waals surface area contributed by atoms with Crippen molar-refractivity contribution < 1.29 is 0 Å². The first-order valence-electron chi connectivity index (χ1n) is 5.96. The van der Waals surface area contributed by atoms with Gasteiger partial charge in [-0.05, 0) is 36.2 Å². The molecule has 0 radical (unpaired) electrons. The SMILES string of the molecule is c1ccc(C2CC23CCCCC3)cc1. The average Bonchev–Trinajstić information content (AvgIpc) is 2.95. The van der Waals surface area contributed by atoms with E-state index in [9.17, 15) is 0 Å². The number of hydrogen-bond acceptors (Lipinski definition) is 0. The third kappa shape index (κ3) is 1.28. The van der Waals surface area contributed by atoms with Gasteiger partial charge in [0, 0.05) is 0 Å². The lowest BCUT2D eigenvalue weighted by atomic mass is 9.83. The van der Waals surface area contributed by atoms with Crippen LogP contribution in [0.25, 0.3) is 0 Å². The van der Waals surface area contributed by atoms with Crippen molar-refractivity contribution in [3.63, 3.8) is 0 Å². The van der Waals surface area contributed by atoms with E-state index in [0.29, 0.717) is 0 Å². The molecule has 1 atom stereocenters. The molecule has 1 spiro atoms. The van der Waals surface area contributed by atoms with Crippen LogP contribution in [-0.4, -0.2) is 0 Å². The molecule has 1 unspecified atom stereocenters. The van der Waals surface area contributed by atoms with Gasteiger partial charge in [0.15, 0.2) is 0 Å². The molecule has 2 fully saturated rings. The van der Waals surface area contributed by atoms with Crippen LogP contribution in [0.15, 0.2) is 30.3 Å². The first kappa shape index (κ1) is 8.52. The van der Waals surface area contributed by atoms with Crippen LogP contribution in [0.2, 0.25) is 0 Å². The molecule has 0 heterocycles. The van der Waals surface area contributed by atoms with Gasteiger partial charge in [-0.1, -0.05) is 49.6 Å². The van der Waals surface area contributed by atoms with Gasteiger partial charge in [0.2, 0.25) is 0 Å². The largest absolute Gasteiger partial charge is 0.0622 e. The van der Waals surface area contributed by atoms with E-state index in [1.165, 1.54) is 38.5 Å². The first-order chi connectivity index (χ1) is 6.91. The van der Waals surface area contributed by atoms with Crippen LogP contribution < -0.4 is 0 Å². The van der Waals surface area contributed by atoms with Crippen molar-refractivity contribution in [1.82, 2.24) is 0 Å². The Labute approximate surface area is 86.3 Å². The van der Waals surface area contributed by atoms with E-state index in [2.05, 4.69) is 30.3 Å². The molecular weight excluding hydrogens is 168 g/mol. The number of hydrogen-bond donors (Lipinski definition) is 0. The molecule has 1 aromatic rings. The minimum atomic E-state index is 0.750. The molecule has 1 aromatic carbocycles. The summed E-state index contributed by atoms with van der Waals surface area (Å²) >= 11 is 0. The fraction of sp³-hybridized carbons (Fsp3) is 0.571. The summed E-state index contributed by atoms with van der Waals surface area (Å²) in [6, 6.07) is 11.1. The van der Waals surface area contributed by atoms with Crippen molar-refractivity contribution in [2.75, 3.05) is 0 Å². The molecule has 0 amide bonds. The van der Waals surface area contributed by atoms with Crippen molar-refractivity contribution in [2.24, 2.45) is 5.41 Å². The fourth-order valence-electron chi connectivity index (χ4n) is 3.31. The molecule has 0 aliphatic heterocycles. The van der Waals surface area contributed by atoms with Gasteiger partial charge in [0.25, 0.3) is 0 Å². The van der Waals surface area contributed by atoms with Crippen molar-refractivity contribution in [2.45, 2.75) is 44.4 Å². The molecule has 0 bridgehead atoms. The predicted octanol–water partition coefficient (Wildman–Crippen LogP) is 4.12. The quantitative estimate of drug-likeness (QED) is 0.618. The van der Waals surface area contributed by atoms with Gasteiger partial charge in [0.1, 0.15) is 0 Å². The Bertz CT molecular complexity index is 306. The molecule has 2 saturated carbocycles. The smallest absolute Gasteiger partial charge is 0.00996 e. The second-order valence-corrected chi connectivity index (χ2v) is 5.09. The average molecular weight is 186 g/mol. The fourth-order valence-corrected chi connectivity index (χ4v) is 3.31. The summed E-state index contributed by atoms with van der Waals surface area (Å²) in [6.45, 7) is 0. The zero-order valence-electron chi connectivity index (χ0n) is 8.71. The molecule has 3 rings (SSSR count). The second-order valence-electron chi connectivity index (χ2n) is 5.09. The summed E-state index contributed by atoms with van der Waals surface area (Å²) in [4.78, 5) is 0. The van der Waals surface area contributed by atoms with Gasteiger partial charge < -0.3 is 0 Å². The Morgan fingerprint density at radius 3 is 2.36 bits per heavy atom. The predicted molar refractivity (Wildman–Crippen MR) is 59.3 cm³/mol. The van der Waals surface area contributed by atoms with Crippen LogP contribution in [0.1, 0.15) is 50.0 Å². The molecule has 74 valence electrons. The Kier molecular flexibility index (Phi) is 1.90. The van der Waals surface area contributed by atoms with E-state index in [-0.39, 0.29) is 0 Å². The lowest BCUT2D eigenvalue weighted by molar-refractivity contribution is 0.326. The van der Waals surface area contributed by atoms with Crippen LogP contribution >= 0.6 is 0 Å². The molecule has 14 heavy (non-hydrogen) atoms. The molecule has 0 aromatic heterocycles. The van der Waals surface area contributed by atoms with E-state index in [4.69, 9.17) is 0 Å². The maximum absolute atomic E-state index is 2.31. The minimum Gasteiger partial charge on any atom is -0.0622 e. The Hall–Kier alpha value is -0.780. The lowest BCUT2D eigenvalue weighted by Crippen LogP contribution is -2.08.